The second-order valence-corrected chi connectivity index (χ2v) is 8.15. The van der Waals surface area contributed by atoms with E-state index in [0.717, 1.165) is 32.0 Å². The van der Waals surface area contributed by atoms with Gasteiger partial charge in [-0.3, -0.25) is 9.89 Å². The first kappa shape index (κ1) is 26.1. The van der Waals surface area contributed by atoms with Crippen LogP contribution in [0.25, 0.3) is 0 Å². The second-order valence-electron chi connectivity index (χ2n) is 8.15. The standard InChI is InChI=1S/C22H38N4O2.HI/c1-5-23-22(24-12-21(27)16-28-15-17(2)3)25-20-11-18(4)26(14-20)13-19-9-7-6-8-10-19;/h6-10,17-18,20-21,27H,5,11-16H2,1-4H3,(H2,23,24,25);1H. The lowest BCUT2D eigenvalue weighted by Gasteiger charge is -2.21. The van der Waals surface area contributed by atoms with E-state index in [2.05, 4.69) is 78.6 Å². The van der Waals surface area contributed by atoms with Gasteiger partial charge in [-0.15, -0.1) is 24.0 Å². The van der Waals surface area contributed by atoms with Crippen molar-refractivity contribution >= 4 is 29.9 Å². The number of nitrogens with zero attached hydrogens (tertiary/aromatic N) is 2. The first-order chi connectivity index (χ1) is 13.5. The van der Waals surface area contributed by atoms with Crippen molar-refractivity contribution in [3.8, 4) is 0 Å². The molecule has 1 saturated heterocycles. The molecule has 0 aromatic heterocycles. The molecular formula is C22H39IN4O2. The predicted molar refractivity (Wildman–Crippen MR) is 131 cm³/mol. The zero-order valence-corrected chi connectivity index (χ0v) is 20.6. The largest absolute Gasteiger partial charge is 0.389 e. The number of aliphatic hydroxyl groups is 1. The molecular weight excluding hydrogens is 479 g/mol. The number of halogens is 1. The van der Waals surface area contributed by atoms with Gasteiger partial charge in [0, 0.05) is 38.3 Å². The number of hydrogen-bond donors (Lipinski definition) is 3. The van der Waals surface area contributed by atoms with Crippen molar-refractivity contribution in [2.75, 3.05) is 32.8 Å². The Kier molecular flexibility index (Phi) is 12.8. The normalized spacial score (nSPS) is 21.1. The van der Waals surface area contributed by atoms with Crippen LogP contribution in [0.1, 0.15) is 39.7 Å². The Morgan fingerprint density at radius 3 is 2.66 bits per heavy atom. The molecule has 1 fully saturated rings. The lowest BCUT2D eigenvalue weighted by atomic mass is 10.2. The van der Waals surface area contributed by atoms with Gasteiger partial charge in [0.2, 0.25) is 0 Å². The van der Waals surface area contributed by atoms with E-state index in [-0.39, 0.29) is 24.0 Å². The predicted octanol–water partition coefficient (Wildman–Crippen LogP) is 2.86. The van der Waals surface area contributed by atoms with Crippen LogP contribution >= 0.6 is 24.0 Å². The molecule has 1 aliphatic heterocycles. The lowest BCUT2D eigenvalue weighted by Crippen LogP contribution is -2.45. The quantitative estimate of drug-likeness (QED) is 0.253. The summed E-state index contributed by atoms with van der Waals surface area (Å²) < 4.78 is 5.50. The van der Waals surface area contributed by atoms with Crippen LogP contribution < -0.4 is 10.6 Å². The number of ether oxygens (including phenoxy) is 1. The fourth-order valence-corrected chi connectivity index (χ4v) is 3.44. The van der Waals surface area contributed by atoms with Crippen LogP contribution in [-0.4, -0.2) is 67.0 Å². The van der Waals surface area contributed by atoms with Crippen LogP contribution in [0.2, 0.25) is 0 Å². The molecule has 0 radical (unpaired) electrons. The van der Waals surface area contributed by atoms with E-state index in [0.29, 0.717) is 37.8 Å². The topological polar surface area (TPSA) is 69.1 Å². The highest BCUT2D eigenvalue weighted by Crippen LogP contribution is 2.20. The molecule has 0 aliphatic carbocycles. The fourth-order valence-electron chi connectivity index (χ4n) is 3.44. The number of aliphatic hydroxyl groups excluding tert-OH is 1. The van der Waals surface area contributed by atoms with Crippen molar-refractivity contribution < 1.29 is 9.84 Å². The summed E-state index contributed by atoms with van der Waals surface area (Å²) in [7, 11) is 0. The van der Waals surface area contributed by atoms with Crippen LogP contribution in [0.5, 0.6) is 0 Å². The Morgan fingerprint density at radius 1 is 1.28 bits per heavy atom. The Bertz CT molecular complexity index is 585. The molecule has 1 aromatic rings. The number of aliphatic imine (C=N–C) groups is 1. The highest BCUT2D eigenvalue weighted by Gasteiger charge is 2.29. The van der Waals surface area contributed by atoms with Crippen LogP contribution in [0.4, 0.5) is 0 Å². The molecule has 0 amide bonds. The first-order valence-corrected chi connectivity index (χ1v) is 10.6. The minimum absolute atomic E-state index is 0. The molecule has 6 nitrogen and oxygen atoms in total. The van der Waals surface area contributed by atoms with Gasteiger partial charge in [0.1, 0.15) is 0 Å². The maximum atomic E-state index is 10.1. The van der Waals surface area contributed by atoms with E-state index in [1.54, 1.807) is 0 Å². The number of benzene rings is 1. The lowest BCUT2D eigenvalue weighted by molar-refractivity contribution is 0.0301. The molecule has 2 rings (SSSR count). The zero-order chi connectivity index (χ0) is 20.4. The highest BCUT2D eigenvalue weighted by atomic mass is 127. The van der Waals surface area contributed by atoms with Gasteiger partial charge >= 0.3 is 0 Å². The van der Waals surface area contributed by atoms with E-state index >= 15 is 0 Å². The maximum absolute atomic E-state index is 10.1. The fraction of sp³-hybridized carbons (Fsp3) is 0.682. The summed E-state index contributed by atoms with van der Waals surface area (Å²) >= 11 is 0. The molecule has 7 heteroatoms. The summed E-state index contributed by atoms with van der Waals surface area (Å²) in [6, 6.07) is 11.5. The molecule has 0 saturated carbocycles. The van der Waals surface area contributed by atoms with E-state index in [4.69, 9.17) is 4.74 Å². The van der Waals surface area contributed by atoms with Crippen molar-refractivity contribution in [1.29, 1.82) is 0 Å². The third-order valence-electron chi connectivity index (χ3n) is 4.84. The molecule has 166 valence electrons. The molecule has 0 spiro atoms. The number of nitrogens with one attached hydrogen (secondary N) is 2. The summed E-state index contributed by atoms with van der Waals surface area (Å²) in [5.41, 5.74) is 1.35. The summed E-state index contributed by atoms with van der Waals surface area (Å²) in [5.74, 6) is 1.24. The molecule has 1 heterocycles. The van der Waals surface area contributed by atoms with Crippen molar-refractivity contribution in [2.45, 2.75) is 58.8 Å². The van der Waals surface area contributed by atoms with Crippen molar-refractivity contribution in [1.82, 2.24) is 15.5 Å². The Labute approximate surface area is 193 Å². The van der Waals surface area contributed by atoms with Crippen LogP contribution in [-0.2, 0) is 11.3 Å². The average Bonchev–Trinajstić information content (AvgIpc) is 2.99. The zero-order valence-electron chi connectivity index (χ0n) is 18.3. The number of rotatable bonds is 10. The van der Waals surface area contributed by atoms with Crippen molar-refractivity contribution in [2.24, 2.45) is 10.9 Å². The van der Waals surface area contributed by atoms with Gasteiger partial charge in [-0.1, -0.05) is 44.2 Å². The molecule has 3 N–H and O–H groups in total. The van der Waals surface area contributed by atoms with Gasteiger partial charge in [0.25, 0.3) is 0 Å². The number of guanidine groups is 1. The van der Waals surface area contributed by atoms with E-state index in [9.17, 15) is 5.11 Å². The van der Waals surface area contributed by atoms with Crippen LogP contribution in [0.3, 0.4) is 0 Å². The van der Waals surface area contributed by atoms with Gasteiger partial charge in [-0.2, -0.15) is 0 Å². The molecule has 3 unspecified atom stereocenters. The third kappa shape index (κ3) is 10.1. The minimum Gasteiger partial charge on any atom is -0.389 e. The van der Waals surface area contributed by atoms with Crippen LogP contribution in [0.15, 0.2) is 35.3 Å². The van der Waals surface area contributed by atoms with Gasteiger partial charge in [0.05, 0.1) is 19.3 Å². The molecule has 3 atom stereocenters. The third-order valence-corrected chi connectivity index (χ3v) is 4.84. The highest BCUT2D eigenvalue weighted by molar-refractivity contribution is 14.0. The Morgan fingerprint density at radius 2 is 2.00 bits per heavy atom. The van der Waals surface area contributed by atoms with E-state index in [1.807, 2.05) is 0 Å². The average molecular weight is 518 g/mol. The Balaban J connectivity index is 0.00000420. The van der Waals surface area contributed by atoms with Gasteiger partial charge in [-0.25, -0.2) is 0 Å². The monoisotopic (exact) mass is 518 g/mol. The first-order valence-electron chi connectivity index (χ1n) is 10.6. The number of hydrogen-bond acceptors (Lipinski definition) is 4. The summed E-state index contributed by atoms with van der Waals surface area (Å²) in [4.78, 5) is 7.06. The minimum atomic E-state index is -0.578. The molecule has 29 heavy (non-hydrogen) atoms. The molecule has 0 bridgehead atoms. The van der Waals surface area contributed by atoms with E-state index in [1.165, 1.54) is 5.56 Å². The molecule has 1 aromatic carbocycles. The van der Waals surface area contributed by atoms with Gasteiger partial charge in [-0.05, 0) is 31.7 Å². The Hall–Kier alpha value is -0.900. The summed E-state index contributed by atoms with van der Waals surface area (Å²) in [5, 5.41) is 16.9. The van der Waals surface area contributed by atoms with Crippen molar-refractivity contribution in [3.05, 3.63) is 35.9 Å². The summed E-state index contributed by atoms with van der Waals surface area (Å²) in [6.45, 7) is 12.6. The smallest absolute Gasteiger partial charge is 0.191 e. The van der Waals surface area contributed by atoms with Gasteiger partial charge < -0.3 is 20.5 Å². The second kappa shape index (κ2) is 14.2. The van der Waals surface area contributed by atoms with Crippen molar-refractivity contribution in [3.63, 3.8) is 0 Å². The SMILES string of the molecule is CCNC(=NCC(O)COCC(C)C)NC1CC(C)N(Cc2ccccc2)C1.I. The summed E-state index contributed by atoms with van der Waals surface area (Å²) in [6.07, 6.45) is 0.503. The van der Waals surface area contributed by atoms with Crippen LogP contribution in [0, 0.1) is 5.92 Å². The number of likely N-dealkylation sites (tertiary alicyclic amines) is 1. The van der Waals surface area contributed by atoms with Gasteiger partial charge in [0.15, 0.2) is 5.96 Å². The maximum Gasteiger partial charge on any atom is 0.191 e. The van der Waals surface area contributed by atoms with E-state index < -0.39 is 6.10 Å². The molecule has 1 aliphatic rings.